The fraction of sp³-hybridized carbons (Fsp3) is 0.941. The van der Waals surface area contributed by atoms with E-state index in [1.807, 2.05) is 0 Å². The summed E-state index contributed by atoms with van der Waals surface area (Å²) in [5, 5.41) is 9.05. The lowest BCUT2D eigenvalue weighted by atomic mass is 9.95. The van der Waals surface area contributed by atoms with Gasteiger partial charge in [-0.25, -0.2) is 0 Å². The van der Waals surface area contributed by atoms with Gasteiger partial charge in [0.25, 0.3) is 0 Å². The van der Waals surface area contributed by atoms with Crippen LogP contribution in [0.3, 0.4) is 0 Å². The molecule has 0 aromatic carbocycles. The Labute approximate surface area is 129 Å². The molecule has 0 aromatic rings. The highest BCUT2D eigenvalue weighted by molar-refractivity contribution is 5.72. The van der Waals surface area contributed by atoms with Crippen LogP contribution in [-0.2, 0) is 14.3 Å². The topological polar surface area (TPSA) is 59.1 Å². The zero-order chi connectivity index (χ0) is 15.5. The van der Waals surface area contributed by atoms with Crippen molar-refractivity contribution in [3.8, 4) is 0 Å². The molecule has 1 saturated heterocycles. The molecule has 0 radical (unpaired) electrons. The van der Waals surface area contributed by atoms with Crippen LogP contribution in [0.1, 0.15) is 65.2 Å². The number of unbranched alkanes of at least 4 members (excludes halogenated alkanes) is 1. The zero-order valence-electron chi connectivity index (χ0n) is 13.7. The molecular formula is C17H32O4. The standard InChI is InChI=1S/C17H32O4/c1-3-5-7-15(8-10-18)17(19)20-11-9-14(6-4-2)12-16-13-21-16/h14-16,18H,3-13H2,1-2H3. The highest BCUT2D eigenvalue weighted by Gasteiger charge is 2.26. The minimum atomic E-state index is -0.133. The van der Waals surface area contributed by atoms with Gasteiger partial charge in [0.2, 0.25) is 0 Å². The van der Waals surface area contributed by atoms with E-state index in [-0.39, 0.29) is 18.5 Å². The van der Waals surface area contributed by atoms with Gasteiger partial charge < -0.3 is 14.6 Å². The van der Waals surface area contributed by atoms with E-state index in [1.54, 1.807) is 0 Å². The summed E-state index contributed by atoms with van der Waals surface area (Å²) >= 11 is 0. The fourth-order valence-electron chi connectivity index (χ4n) is 2.79. The maximum Gasteiger partial charge on any atom is 0.309 e. The lowest BCUT2D eigenvalue weighted by molar-refractivity contribution is -0.149. The number of esters is 1. The smallest absolute Gasteiger partial charge is 0.309 e. The molecule has 0 spiro atoms. The molecule has 1 rings (SSSR count). The molecule has 21 heavy (non-hydrogen) atoms. The Morgan fingerprint density at radius 3 is 2.57 bits per heavy atom. The molecule has 124 valence electrons. The minimum Gasteiger partial charge on any atom is -0.465 e. The van der Waals surface area contributed by atoms with Crippen molar-refractivity contribution in [2.75, 3.05) is 19.8 Å². The lowest BCUT2D eigenvalue weighted by Crippen LogP contribution is -2.21. The number of rotatable bonds is 13. The first-order valence-electron chi connectivity index (χ1n) is 8.60. The maximum atomic E-state index is 12.1. The summed E-state index contributed by atoms with van der Waals surface area (Å²) in [4.78, 5) is 12.1. The minimum absolute atomic E-state index is 0.0565. The summed E-state index contributed by atoms with van der Waals surface area (Å²) in [5.74, 6) is 0.337. The second-order valence-electron chi connectivity index (χ2n) is 6.15. The van der Waals surface area contributed by atoms with E-state index in [1.165, 1.54) is 6.42 Å². The summed E-state index contributed by atoms with van der Waals surface area (Å²) in [6, 6.07) is 0. The Hall–Kier alpha value is -0.610. The number of carbonyl (C=O) groups is 1. The van der Waals surface area contributed by atoms with Crippen molar-refractivity contribution in [3.05, 3.63) is 0 Å². The number of ether oxygens (including phenoxy) is 2. The Balaban J connectivity index is 2.24. The normalized spacial score (nSPS) is 20.0. The Kier molecular flexibility index (Phi) is 9.68. The Morgan fingerprint density at radius 2 is 2.00 bits per heavy atom. The third-order valence-electron chi connectivity index (χ3n) is 4.18. The van der Waals surface area contributed by atoms with Gasteiger partial charge in [-0.15, -0.1) is 0 Å². The monoisotopic (exact) mass is 300 g/mol. The van der Waals surface area contributed by atoms with Crippen molar-refractivity contribution in [3.63, 3.8) is 0 Å². The van der Waals surface area contributed by atoms with Crippen molar-refractivity contribution >= 4 is 5.97 Å². The van der Waals surface area contributed by atoms with E-state index >= 15 is 0 Å². The van der Waals surface area contributed by atoms with E-state index in [0.29, 0.717) is 25.0 Å². The third kappa shape index (κ3) is 8.42. The molecule has 0 bridgehead atoms. The molecule has 4 nitrogen and oxygen atoms in total. The van der Waals surface area contributed by atoms with Crippen LogP contribution in [0.5, 0.6) is 0 Å². The van der Waals surface area contributed by atoms with Gasteiger partial charge in [-0.2, -0.15) is 0 Å². The van der Waals surface area contributed by atoms with Crippen LogP contribution in [0, 0.1) is 11.8 Å². The molecule has 1 fully saturated rings. The summed E-state index contributed by atoms with van der Waals surface area (Å²) in [6.45, 7) is 5.76. The van der Waals surface area contributed by atoms with Crippen LogP contribution in [0.4, 0.5) is 0 Å². The van der Waals surface area contributed by atoms with Crippen molar-refractivity contribution in [2.24, 2.45) is 11.8 Å². The first-order chi connectivity index (χ1) is 10.2. The van der Waals surface area contributed by atoms with Crippen LogP contribution in [0.15, 0.2) is 0 Å². The Morgan fingerprint density at radius 1 is 1.24 bits per heavy atom. The van der Waals surface area contributed by atoms with Crippen LogP contribution < -0.4 is 0 Å². The van der Waals surface area contributed by atoms with Crippen LogP contribution >= 0.6 is 0 Å². The van der Waals surface area contributed by atoms with Gasteiger partial charge in [-0.05, 0) is 31.6 Å². The SMILES string of the molecule is CCCCC(CCO)C(=O)OCCC(CCC)CC1CO1. The van der Waals surface area contributed by atoms with Gasteiger partial charge in [0.05, 0.1) is 25.2 Å². The van der Waals surface area contributed by atoms with Gasteiger partial charge in [-0.1, -0.05) is 39.5 Å². The van der Waals surface area contributed by atoms with Gasteiger partial charge in [0.1, 0.15) is 0 Å². The van der Waals surface area contributed by atoms with E-state index in [0.717, 1.165) is 45.1 Å². The van der Waals surface area contributed by atoms with Crippen molar-refractivity contribution in [1.29, 1.82) is 0 Å². The summed E-state index contributed by atoms with van der Waals surface area (Å²) < 4.78 is 10.7. The van der Waals surface area contributed by atoms with Crippen molar-refractivity contribution < 1.29 is 19.4 Å². The number of carbonyl (C=O) groups excluding carboxylic acids is 1. The average molecular weight is 300 g/mol. The zero-order valence-corrected chi connectivity index (χ0v) is 13.7. The third-order valence-corrected chi connectivity index (χ3v) is 4.18. The molecule has 4 heteroatoms. The average Bonchev–Trinajstić information content (AvgIpc) is 3.27. The maximum absolute atomic E-state index is 12.1. The highest BCUT2D eigenvalue weighted by Crippen LogP contribution is 2.25. The molecule has 1 N–H and O–H groups in total. The molecule has 0 saturated carbocycles. The number of aliphatic hydroxyl groups is 1. The molecule has 3 unspecified atom stereocenters. The first-order valence-corrected chi connectivity index (χ1v) is 8.60. The predicted molar refractivity (Wildman–Crippen MR) is 83.0 cm³/mol. The molecular weight excluding hydrogens is 268 g/mol. The second kappa shape index (κ2) is 11.0. The first kappa shape index (κ1) is 18.4. The lowest BCUT2D eigenvalue weighted by Gasteiger charge is -2.17. The molecule has 1 aliphatic heterocycles. The van der Waals surface area contributed by atoms with Gasteiger partial charge >= 0.3 is 5.97 Å². The van der Waals surface area contributed by atoms with Crippen LogP contribution in [0.25, 0.3) is 0 Å². The molecule has 3 atom stereocenters. The number of aliphatic hydroxyl groups excluding tert-OH is 1. The summed E-state index contributed by atoms with van der Waals surface area (Å²) in [6.07, 6.45) is 8.23. The Bertz CT molecular complexity index is 276. The number of epoxide rings is 1. The van der Waals surface area contributed by atoms with Gasteiger partial charge in [-0.3, -0.25) is 4.79 Å². The van der Waals surface area contributed by atoms with Gasteiger partial charge in [0, 0.05) is 6.61 Å². The molecule has 0 aliphatic carbocycles. The molecule has 1 heterocycles. The number of hydrogen-bond donors (Lipinski definition) is 1. The number of hydrogen-bond acceptors (Lipinski definition) is 4. The summed E-state index contributed by atoms with van der Waals surface area (Å²) in [5.41, 5.74) is 0. The predicted octanol–water partition coefficient (Wildman–Crippen LogP) is 3.31. The van der Waals surface area contributed by atoms with Crippen LogP contribution in [0.2, 0.25) is 0 Å². The van der Waals surface area contributed by atoms with E-state index in [2.05, 4.69) is 13.8 Å². The molecule has 1 aliphatic rings. The van der Waals surface area contributed by atoms with E-state index < -0.39 is 0 Å². The quantitative estimate of drug-likeness (QED) is 0.419. The van der Waals surface area contributed by atoms with Crippen LogP contribution in [-0.4, -0.2) is 37.0 Å². The summed E-state index contributed by atoms with van der Waals surface area (Å²) in [7, 11) is 0. The van der Waals surface area contributed by atoms with Crippen molar-refractivity contribution in [1.82, 2.24) is 0 Å². The van der Waals surface area contributed by atoms with E-state index in [9.17, 15) is 4.79 Å². The van der Waals surface area contributed by atoms with Gasteiger partial charge in [0.15, 0.2) is 0 Å². The highest BCUT2D eigenvalue weighted by atomic mass is 16.6. The fourth-order valence-corrected chi connectivity index (χ4v) is 2.79. The molecule has 0 amide bonds. The van der Waals surface area contributed by atoms with E-state index in [4.69, 9.17) is 14.6 Å². The largest absolute Gasteiger partial charge is 0.465 e. The second-order valence-corrected chi connectivity index (χ2v) is 6.15. The van der Waals surface area contributed by atoms with Crippen molar-refractivity contribution in [2.45, 2.75) is 71.3 Å². The molecule has 0 aromatic heterocycles.